The van der Waals surface area contributed by atoms with Gasteiger partial charge >= 0.3 is 0 Å². The Morgan fingerprint density at radius 2 is 1.87 bits per heavy atom. The van der Waals surface area contributed by atoms with Crippen LogP contribution in [0.2, 0.25) is 0 Å². The van der Waals surface area contributed by atoms with Crippen LogP contribution in [0, 0.1) is 5.92 Å². The van der Waals surface area contributed by atoms with Gasteiger partial charge in [0.1, 0.15) is 5.78 Å². The van der Waals surface area contributed by atoms with E-state index in [1.165, 1.54) is 0 Å². The van der Waals surface area contributed by atoms with Crippen molar-refractivity contribution >= 4 is 17.6 Å². The van der Waals surface area contributed by atoms with Gasteiger partial charge in [-0.25, -0.2) is 0 Å². The molecule has 2 rings (SSSR count). The van der Waals surface area contributed by atoms with Crippen molar-refractivity contribution < 1.29 is 9.59 Å². The fraction of sp³-hybridized carbons (Fsp3) is 0.500. The molecule has 1 heterocycles. The summed E-state index contributed by atoms with van der Waals surface area (Å²) in [6.45, 7) is 8.22. The van der Waals surface area contributed by atoms with E-state index < -0.39 is 0 Å². The second-order valence-electron chi connectivity index (χ2n) is 7.68. The smallest absolute Gasteiger partial charge is 0.155 e. The number of ketones is 2. The van der Waals surface area contributed by atoms with E-state index in [0.29, 0.717) is 19.3 Å². The lowest BCUT2D eigenvalue weighted by Crippen LogP contribution is -2.63. The van der Waals surface area contributed by atoms with E-state index in [9.17, 15) is 9.59 Å². The van der Waals surface area contributed by atoms with Crippen LogP contribution >= 0.6 is 0 Å². The maximum atomic E-state index is 12.4. The van der Waals surface area contributed by atoms with E-state index in [2.05, 4.69) is 33.0 Å². The molecule has 0 aliphatic carbocycles. The standard InChI is InChI=1S/C20H27NO2/c1-19(2)14-18(23)17(20(3,4)21-19)13-12-16(22)11-10-15-8-6-5-7-9-15/h5-11,17,21H,12-14H2,1-4H3/b11-10+/t17-/m1/s1. The molecular formula is C20H27NO2. The van der Waals surface area contributed by atoms with Crippen LogP contribution in [-0.2, 0) is 9.59 Å². The third-order valence-corrected chi connectivity index (χ3v) is 4.48. The number of hydrogen-bond acceptors (Lipinski definition) is 3. The van der Waals surface area contributed by atoms with Gasteiger partial charge in [-0.2, -0.15) is 0 Å². The molecule has 1 aliphatic heterocycles. The van der Waals surface area contributed by atoms with Crippen LogP contribution in [0.25, 0.3) is 6.08 Å². The summed E-state index contributed by atoms with van der Waals surface area (Å²) in [7, 11) is 0. The zero-order chi connectivity index (χ0) is 17.1. The fourth-order valence-corrected chi connectivity index (χ4v) is 3.61. The van der Waals surface area contributed by atoms with Gasteiger partial charge < -0.3 is 5.32 Å². The van der Waals surface area contributed by atoms with Gasteiger partial charge in [-0.1, -0.05) is 36.4 Å². The highest BCUT2D eigenvalue weighted by Crippen LogP contribution is 2.33. The highest BCUT2D eigenvalue weighted by Gasteiger charge is 2.44. The minimum absolute atomic E-state index is 0.0716. The molecule has 0 unspecified atom stereocenters. The van der Waals surface area contributed by atoms with Gasteiger partial charge in [0.2, 0.25) is 0 Å². The lowest BCUT2D eigenvalue weighted by atomic mass is 9.71. The van der Waals surface area contributed by atoms with Crippen LogP contribution in [0.5, 0.6) is 0 Å². The van der Waals surface area contributed by atoms with Crippen LogP contribution in [0.15, 0.2) is 36.4 Å². The van der Waals surface area contributed by atoms with E-state index in [1.54, 1.807) is 6.08 Å². The Morgan fingerprint density at radius 1 is 1.22 bits per heavy atom. The lowest BCUT2D eigenvalue weighted by Gasteiger charge is -2.47. The van der Waals surface area contributed by atoms with Crippen molar-refractivity contribution in [2.24, 2.45) is 5.92 Å². The largest absolute Gasteiger partial charge is 0.306 e. The lowest BCUT2D eigenvalue weighted by molar-refractivity contribution is -0.130. The average Bonchev–Trinajstić information content (AvgIpc) is 2.43. The molecule has 1 aromatic rings. The monoisotopic (exact) mass is 313 g/mol. The number of benzene rings is 1. The molecule has 1 N–H and O–H groups in total. The maximum absolute atomic E-state index is 12.4. The quantitative estimate of drug-likeness (QED) is 0.841. The molecule has 0 aromatic heterocycles. The minimum Gasteiger partial charge on any atom is -0.306 e. The number of piperidine rings is 1. The molecule has 0 spiro atoms. The number of hydrogen-bond donors (Lipinski definition) is 1. The fourth-order valence-electron chi connectivity index (χ4n) is 3.61. The molecule has 124 valence electrons. The molecule has 1 aromatic carbocycles. The summed E-state index contributed by atoms with van der Waals surface area (Å²) in [5.74, 6) is 0.227. The molecule has 0 radical (unpaired) electrons. The number of Topliss-reactive ketones (excluding diaryl/α,β-unsaturated/α-hetero) is 1. The number of carbonyl (C=O) groups is 2. The average molecular weight is 313 g/mol. The van der Waals surface area contributed by atoms with E-state index in [0.717, 1.165) is 5.56 Å². The normalized spacial score (nSPS) is 23.1. The summed E-state index contributed by atoms with van der Waals surface area (Å²) in [4.78, 5) is 24.5. The summed E-state index contributed by atoms with van der Waals surface area (Å²) in [5.41, 5.74) is 0.564. The molecule has 3 nitrogen and oxygen atoms in total. The van der Waals surface area contributed by atoms with E-state index in [4.69, 9.17) is 0 Å². The van der Waals surface area contributed by atoms with Gasteiger partial charge in [-0.3, -0.25) is 9.59 Å². The predicted octanol–water partition coefficient (Wildman–Crippen LogP) is 3.78. The first-order chi connectivity index (χ1) is 10.7. The molecule has 1 fully saturated rings. The summed E-state index contributed by atoms with van der Waals surface area (Å²) >= 11 is 0. The van der Waals surface area contributed by atoms with Gasteiger partial charge in [-0.05, 0) is 45.8 Å². The first kappa shape index (κ1) is 17.6. The summed E-state index contributed by atoms with van der Waals surface area (Å²) in [5, 5.41) is 3.54. The van der Waals surface area contributed by atoms with Crippen LogP contribution < -0.4 is 5.32 Å². The highest BCUT2D eigenvalue weighted by molar-refractivity contribution is 5.94. The van der Waals surface area contributed by atoms with Gasteiger partial charge in [0.05, 0.1) is 0 Å². The molecule has 1 saturated heterocycles. The molecule has 0 bridgehead atoms. The Kier molecular flexibility index (Phi) is 5.20. The molecule has 1 aliphatic rings. The molecule has 3 heteroatoms. The van der Waals surface area contributed by atoms with Crippen LogP contribution in [-0.4, -0.2) is 22.6 Å². The van der Waals surface area contributed by atoms with E-state index >= 15 is 0 Å². The number of carbonyl (C=O) groups excluding carboxylic acids is 2. The van der Waals surface area contributed by atoms with Crippen molar-refractivity contribution in [1.29, 1.82) is 0 Å². The van der Waals surface area contributed by atoms with Crippen LogP contribution in [0.4, 0.5) is 0 Å². The SMILES string of the molecule is CC1(C)CC(=O)[C@@H](CCC(=O)/C=C/c2ccccc2)C(C)(C)N1. The Hall–Kier alpha value is -1.74. The minimum atomic E-state index is -0.276. The van der Waals surface area contributed by atoms with Crippen LogP contribution in [0.3, 0.4) is 0 Å². The predicted molar refractivity (Wildman–Crippen MR) is 94.1 cm³/mol. The number of rotatable bonds is 5. The Labute approximate surface area is 139 Å². The van der Waals surface area contributed by atoms with Gasteiger partial charge in [-0.15, -0.1) is 0 Å². The van der Waals surface area contributed by atoms with Crippen molar-refractivity contribution in [2.45, 2.75) is 58.0 Å². The molecule has 23 heavy (non-hydrogen) atoms. The second-order valence-corrected chi connectivity index (χ2v) is 7.68. The van der Waals surface area contributed by atoms with Crippen molar-refractivity contribution in [1.82, 2.24) is 5.32 Å². The zero-order valence-corrected chi connectivity index (χ0v) is 14.6. The summed E-state index contributed by atoms with van der Waals surface area (Å²) in [6.07, 6.45) is 4.98. The first-order valence-electron chi connectivity index (χ1n) is 8.28. The van der Waals surface area contributed by atoms with Crippen molar-refractivity contribution in [3.8, 4) is 0 Å². The second kappa shape index (κ2) is 6.79. The van der Waals surface area contributed by atoms with Crippen molar-refractivity contribution in [3.63, 3.8) is 0 Å². The Balaban J connectivity index is 1.93. The molecule has 1 atom stereocenters. The van der Waals surface area contributed by atoms with Gasteiger partial charge in [0, 0.05) is 29.8 Å². The zero-order valence-electron chi connectivity index (χ0n) is 14.6. The first-order valence-corrected chi connectivity index (χ1v) is 8.28. The number of allylic oxidation sites excluding steroid dienone is 1. The van der Waals surface area contributed by atoms with Gasteiger partial charge in [0.25, 0.3) is 0 Å². The Morgan fingerprint density at radius 3 is 2.48 bits per heavy atom. The highest BCUT2D eigenvalue weighted by atomic mass is 16.1. The molecular weight excluding hydrogens is 286 g/mol. The third-order valence-electron chi connectivity index (χ3n) is 4.48. The third kappa shape index (κ3) is 4.87. The van der Waals surface area contributed by atoms with Crippen LogP contribution in [0.1, 0.15) is 52.5 Å². The summed E-state index contributed by atoms with van der Waals surface area (Å²) in [6, 6.07) is 9.76. The molecule has 0 saturated carbocycles. The maximum Gasteiger partial charge on any atom is 0.155 e. The summed E-state index contributed by atoms with van der Waals surface area (Å²) < 4.78 is 0. The van der Waals surface area contributed by atoms with Crippen molar-refractivity contribution in [3.05, 3.63) is 42.0 Å². The van der Waals surface area contributed by atoms with Crippen molar-refractivity contribution in [2.75, 3.05) is 0 Å². The topological polar surface area (TPSA) is 46.2 Å². The van der Waals surface area contributed by atoms with Gasteiger partial charge in [0.15, 0.2) is 5.78 Å². The molecule has 0 amide bonds. The number of nitrogens with one attached hydrogen (secondary N) is 1. The Bertz CT molecular complexity index is 599. The van der Waals surface area contributed by atoms with E-state index in [-0.39, 0.29) is 28.6 Å². The van der Waals surface area contributed by atoms with E-state index in [1.807, 2.05) is 36.4 Å².